The second-order valence-corrected chi connectivity index (χ2v) is 7.20. The summed E-state index contributed by atoms with van der Waals surface area (Å²) in [5.74, 6) is 0.280. The molecule has 0 unspecified atom stereocenters. The number of rotatable bonds is 3. The summed E-state index contributed by atoms with van der Waals surface area (Å²) in [5, 5.41) is 9.42. The predicted molar refractivity (Wildman–Crippen MR) is 98.6 cm³/mol. The van der Waals surface area contributed by atoms with Gasteiger partial charge < -0.3 is 14.6 Å². The van der Waals surface area contributed by atoms with Gasteiger partial charge in [0.25, 0.3) is 0 Å². The fourth-order valence-corrected chi connectivity index (χ4v) is 4.23. The van der Waals surface area contributed by atoms with E-state index in [0.29, 0.717) is 30.4 Å². The van der Waals surface area contributed by atoms with Gasteiger partial charge in [0.15, 0.2) is 11.5 Å². The van der Waals surface area contributed by atoms with E-state index in [9.17, 15) is 9.90 Å². The molecule has 126 valence electrons. The Morgan fingerprint density at radius 2 is 1.80 bits per heavy atom. The number of aromatic nitrogens is 1. The highest BCUT2D eigenvalue weighted by Crippen LogP contribution is 2.45. The predicted octanol–water partition coefficient (Wildman–Crippen LogP) is 4.71. The van der Waals surface area contributed by atoms with E-state index in [1.54, 1.807) is 0 Å². The molecule has 0 radical (unpaired) electrons. The van der Waals surface area contributed by atoms with Crippen LogP contribution in [0.4, 0.5) is 0 Å². The van der Waals surface area contributed by atoms with Crippen molar-refractivity contribution in [2.24, 2.45) is 0 Å². The SMILES string of the molecule is O=C(O)c1nc(-c2ccccc2)c(-c2cc3c(cc2Br)OCCO3)s1. The second kappa shape index (κ2) is 6.50. The van der Waals surface area contributed by atoms with Crippen molar-refractivity contribution in [2.45, 2.75) is 0 Å². The number of halogens is 1. The number of carbonyl (C=O) groups is 1. The van der Waals surface area contributed by atoms with Crippen molar-refractivity contribution in [1.29, 1.82) is 0 Å². The number of hydrogen-bond donors (Lipinski definition) is 1. The third kappa shape index (κ3) is 3.01. The van der Waals surface area contributed by atoms with Crippen LogP contribution < -0.4 is 9.47 Å². The third-order valence-electron chi connectivity index (χ3n) is 3.73. The molecular weight excluding hydrogens is 406 g/mol. The van der Waals surface area contributed by atoms with Gasteiger partial charge in [-0.25, -0.2) is 9.78 Å². The molecule has 0 aliphatic carbocycles. The van der Waals surface area contributed by atoms with Gasteiger partial charge in [0.05, 0.1) is 10.6 Å². The molecular formula is C18H12BrNO4S. The molecule has 0 spiro atoms. The molecule has 0 saturated carbocycles. The molecule has 1 aliphatic heterocycles. The molecule has 5 nitrogen and oxygen atoms in total. The van der Waals surface area contributed by atoms with Crippen LogP contribution in [0.15, 0.2) is 46.9 Å². The number of aromatic carboxylic acids is 1. The van der Waals surface area contributed by atoms with E-state index in [1.165, 1.54) is 0 Å². The Bertz CT molecular complexity index is 955. The molecule has 0 atom stereocenters. The van der Waals surface area contributed by atoms with Gasteiger partial charge >= 0.3 is 5.97 Å². The average molecular weight is 418 g/mol. The van der Waals surface area contributed by atoms with Gasteiger partial charge in [0.2, 0.25) is 5.01 Å². The largest absolute Gasteiger partial charge is 0.486 e. The smallest absolute Gasteiger partial charge is 0.365 e. The first-order valence-corrected chi connectivity index (χ1v) is 9.13. The molecule has 0 fully saturated rings. The van der Waals surface area contributed by atoms with Crippen molar-refractivity contribution in [3.05, 3.63) is 51.9 Å². The minimum atomic E-state index is -1.04. The maximum Gasteiger partial charge on any atom is 0.365 e. The van der Waals surface area contributed by atoms with Gasteiger partial charge in [-0.05, 0) is 28.1 Å². The molecule has 0 saturated heterocycles. The summed E-state index contributed by atoms with van der Waals surface area (Å²) in [7, 11) is 0. The van der Waals surface area contributed by atoms with Crippen LogP contribution in [0.3, 0.4) is 0 Å². The lowest BCUT2D eigenvalue weighted by Gasteiger charge is -2.19. The number of hydrogen-bond acceptors (Lipinski definition) is 5. The highest BCUT2D eigenvalue weighted by Gasteiger charge is 2.23. The van der Waals surface area contributed by atoms with E-state index in [0.717, 1.165) is 31.8 Å². The Balaban J connectivity index is 1.92. The number of ether oxygens (including phenoxy) is 2. The highest BCUT2D eigenvalue weighted by molar-refractivity contribution is 9.10. The zero-order valence-corrected chi connectivity index (χ0v) is 15.3. The summed E-state index contributed by atoms with van der Waals surface area (Å²) in [6.45, 7) is 1.00. The van der Waals surface area contributed by atoms with E-state index in [-0.39, 0.29) is 5.01 Å². The molecule has 1 N–H and O–H groups in total. The van der Waals surface area contributed by atoms with Crippen molar-refractivity contribution in [3.63, 3.8) is 0 Å². The summed E-state index contributed by atoms with van der Waals surface area (Å²) >= 11 is 4.70. The quantitative estimate of drug-likeness (QED) is 0.668. The lowest BCUT2D eigenvalue weighted by Crippen LogP contribution is -2.15. The van der Waals surface area contributed by atoms with Crippen LogP contribution in [-0.2, 0) is 0 Å². The summed E-state index contributed by atoms with van der Waals surface area (Å²) in [5.41, 5.74) is 2.33. The van der Waals surface area contributed by atoms with Crippen molar-refractivity contribution < 1.29 is 19.4 Å². The molecule has 0 amide bonds. The summed E-state index contributed by atoms with van der Waals surface area (Å²) in [4.78, 5) is 16.5. The number of benzene rings is 2. The number of carboxylic acid groups (broad SMARTS) is 1. The zero-order chi connectivity index (χ0) is 17.4. The Kier molecular flexibility index (Phi) is 4.19. The fraction of sp³-hybridized carbons (Fsp3) is 0.111. The van der Waals surface area contributed by atoms with Crippen LogP contribution in [0, 0.1) is 0 Å². The van der Waals surface area contributed by atoms with E-state index < -0.39 is 5.97 Å². The molecule has 7 heteroatoms. The first-order valence-electron chi connectivity index (χ1n) is 7.52. The standard InChI is InChI=1S/C18H12BrNO4S/c19-12-9-14-13(23-6-7-24-14)8-11(12)16-15(10-4-2-1-3-5-10)20-17(25-16)18(21)22/h1-5,8-9H,6-7H2,(H,21,22). The molecule has 0 bridgehead atoms. The zero-order valence-electron chi connectivity index (χ0n) is 12.9. The number of thiazole rings is 1. The van der Waals surface area contributed by atoms with Crippen molar-refractivity contribution >= 4 is 33.2 Å². The average Bonchev–Trinajstić information content (AvgIpc) is 3.07. The highest BCUT2D eigenvalue weighted by atomic mass is 79.9. The molecule has 1 aliphatic rings. The molecule has 1 aromatic heterocycles. The van der Waals surface area contributed by atoms with Crippen LogP contribution >= 0.6 is 27.3 Å². The topological polar surface area (TPSA) is 68.7 Å². The Morgan fingerprint density at radius 1 is 1.12 bits per heavy atom. The van der Waals surface area contributed by atoms with Gasteiger partial charge in [-0.1, -0.05) is 30.3 Å². The van der Waals surface area contributed by atoms with E-state index in [4.69, 9.17) is 9.47 Å². The van der Waals surface area contributed by atoms with Gasteiger partial charge in [0, 0.05) is 15.6 Å². The summed E-state index contributed by atoms with van der Waals surface area (Å²) in [6.07, 6.45) is 0. The second-order valence-electron chi connectivity index (χ2n) is 5.34. The third-order valence-corrected chi connectivity index (χ3v) is 5.47. The first-order chi connectivity index (χ1) is 12.1. The van der Waals surface area contributed by atoms with Crippen LogP contribution in [0.2, 0.25) is 0 Å². The minimum absolute atomic E-state index is 0.0515. The number of carboxylic acids is 1. The minimum Gasteiger partial charge on any atom is -0.486 e. The number of fused-ring (bicyclic) bond motifs is 1. The Morgan fingerprint density at radius 3 is 2.48 bits per heavy atom. The van der Waals surface area contributed by atoms with Gasteiger partial charge in [0.1, 0.15) is 13.2 Å². The molecule has 3 aromatic rings. The summed E-state index contributed by atoms with van der Waals surface area (Å²) < 4.78 is 12.1. The van der Waals surface area contributed by atoms with Crippen LogP contribution in [0.5, 0.6) is 11.5 Å². The van der Waals surface area contributed by atoms with E-state index in [1.807, 2.05) is 42.5 Å². The lowest BCUT2D eigenvalue weighted by molar-refractivity contribution is 0.0696. The maximum atomic E-state index is 11.4. The molecule has 25 heavy (non-hydrogen) atoms. The van der Waals surface area contributed by atoms with Gasteiger partial charge in [-0.15, -0.1) is 11.3 Å². The maximum absolute atomic E-state index is 11.4. The fourth-order valence-electron chi connectivity index (χ4n) is 2.62. The molecule has 4 rings (SSSR count). The first kappa shape index (κ1) is 16.1. The monoisotopic (exact) mass is 417 g/mol. The van der Waals surface area contributed by atoms with Gasteiger partial charge in [-0.2, -0.15) is 0 Å². The lowest BCUT2D eigenvalue weighted by atomic mass is 10.1. The Hall–Kier alpha value is -2.38. The van der Waals surface area contributed by atoms with Crippen LogP contribution in [0.25, 0.3) is 21.7 Å². The number of nitrogens with zero attached hydrogens (tertiary/aromatic N) is 1. The van der Waals surface area contributed by atoms with E-state index in [2.05, 4.69) is 20.9 Å². The van der Waals surface area contributed by atoms with Gasteiger partial charge in [-0.3, -0.25) is 0 Å². The molecule has 2 aromatic carbocycles. The van der Waals surface area contributed by atoms with Crippen molar-refractivity contribution in [1.82, 2.24) is 4.98 Å². The summed E-state index contributed by atoms with van der Waals surface area (Å²) in [6, 6.07) is 13.2. The molecule has 2 heterocycles. The van der Waals surface area contributed by atoms with Crippen LogP contribution in [0.1, 0.15) is 9.80 Å². The van der Waals surface area contributed by atoms with Crippen LogP contribution in [-0.4, -0.2) is 29.3 Å². The normalized spacial score (nSPS) is 12.8. The Labute approximate surface area is 156 Å². The van der Waals surface area contributed by atoms with Crippen molar-refractivity contribution in [3.8, 4) is 33.2 Å². The van der Waals surface area contributed by atoms with E-state index >= 15 is 0 Å². The van der Waals surface area contributed by atoms with Crippen molar-refractivity contribution in [2.75, 3.05) is 13.2 Å².